The average Bonchev–Trinajstić information content (AvgIpc) is 2.35. The lowest BCUT2D eigenvalue weighted by Gasteiger charge is -2.40. The number of piperazine rings is 1. The molecule has 8 nitrogen and oxygen atoms in total. The third-order valence-corrected chi connectivity index (χ3v) is 2.26. The van der Waals surface area contributed by atoms with Crippen molar-refractivity contribution in [3.05, 3.63) is 10.1 Å². The predicted octanol–water partition coefficient (Wildman–Crippen LogP) is 0.547. The van der Waals surface area contributed by atoms with E-state index in [1.165, 1.54) is 9.91 Å². The first-order valence-corrected chi connectivity index (χ1v) is 5.16. The number of amides is 1. The zero-order valence-corrected chi connectivity index (χ0v) is 9.16. The molecule has 1 saturated heterocycles. The van der Waals surface area contributed by atoms with Gasteiger partial charge in [-0.1, -0.05) is 6.92 Å². The number of rotatable bonds is 4. The molecule has 92 valence electrons. The van der Waals surface area contributed by atoms with Crippen LogP contribution in [0.25, 0.3) is 0 Å². The van der Waals surface area contributed by atoms with Crippen LogP contribution >= 0.6 is 0 Å². The van der Waals surface area contributed by atoms with Crippen LogP contribution in [0.5, 0.6) is 0 Å². The molecule has 0 radical (unpaired) electrons. The topological polar surface area (TPSA) is 88.5 Å². The van der Waals surface area contributed by atoms with Gasteiger partial charge in [-0.25, -0.2) is 9.80 Å². The van der Waals surface area contributed by atoms with Gasteiger partial charge in [0.25, 0.3) is 0 Å². The maximum atomic E-state index is 11.4. The second-order valence-electron chi connectivity index (χ2n) is 3.39. The van der Waals surface area contributed by atoms with Crippen LogP contribution < -0.4 is 0 Å². The number of carbonyl (C=O) groups excluding carboxylic acids is 1. The quantitative estimate of drug-likeness (QED) is 0.518. The molecule has 0 aromatic carbocycles. The summed E-state index contributed by atoms with van der Waals surface area (Å²) in [6.45, 7) is 3.60. The molecule has 1 amide bonds. The largest absolute Gasteiger partial charge is 0.724 e. The van der Waals surface area contributed by atoms with Crippen LogP contribution in [-0.4, -0.2) is 54.1 Å². The molecule has 1 fully saturated rings. The van der Waals surface area contributed by atoms with E-state index in [2.05, 4.69) is 5.29 Å². The molecule has 0 saturated carbocycles. The van der Waals surface area contributed by atoms with Gasteiger partial charge in [-0.15, -0.1) is 4.91 Å². The van der Waals surface area contributed by atoms with Crippen LogP contribution in [0.3, 0.4) is 0 Å². The van der Waals surface area contributed by atoms with Crippen LogP contribution in [0.2, 0.25) is 0 Å². The van der Waals surface area contributed by atoms with E-state index in [0.717, 1.165) is 6.42 Å². The number of carbonyl (C=O) groups is 1. The highest BCUT2D eigenvalue weighted by Gasteiger charge is 2.22. The van der Waals surface area contributed by atoms with Gasteiger partial charge in [0, 0.05) is 26.2 Å². The van der Waals surface area contributed by atoms with E-state index >= 15 is 0 Å². The summed E-state index contributed by atoms with van der Waals surface area (Å²) in [4.78, 5) is 22.9. The summed E-state index contributed by atoms with van der Waals surface area (Å²) in [5, 5.41) is 14.3. The Morgan fingerprint density at radius 1 is 1.44 bits per heavy atom. The molecule has 1 rings (SSSR count). The van der Waals surface area contributed by atoms with E-state index in [1.807, 2.05) is 6.92 Å². The highest BCUT2D eigenvalue weighted by Crippen LogP contribution is 2.06. The Labute approximate surface area is 93.2 Å². The summed E-state index contributed by atoms with van der Waals surface area (Å²) in [6, 6.07) is 0. The molecule has 0 aromatic heterocycles. The molecular weight excluding hydrogens is 216 g/mol. The van der Waals surface area contributed by atoms with Crippen LogP contribution in [0.4, 0.5) is 4.79 Å². The van der Waals surface area contributed by atoms with E-state index in [-0.39, 0.29) is 24.5 Å². The molecule has 0 N–H and O–H groups in total. The molecule has 8 heteroatoms. The van der Waals surface area contributed by atoms with E-state index in [1.54, 1.807) is 0 Å². The Morgan fingerprint density at radius 2 is 2.06 bits per heavy atom. The Bertz CT molecular complexity index is 242. The van der Waals surface area contributed by atoms with E-state index in [4.69, 9.17) is 4.74 Å². The van der Waals surface area contributed by atoms with Gasteiger partial charge < -0.3 is 14.8 Å². The van der Waals surface area contributed by atoms with Crippen molar-refractivity contribution in [2.24, 2.45) is 5.29 Å². The molecule has 1 aliphatic rings. The number of hydrogen-bond acceptors (Lipinski definition) is 6. The van der Waals surface area contributed by atoms with Crippen molar-refractivity contribution in [3.8, 4) is 0 Å². The van der Waals surface area contributed by atoms with Crippen LogP contribution in [0.1, 0.15) is 13.3 Å². The maximum absolute atomic E-state index is 11.4. The SMILES string of the molecule is CCCOC(=O)N1CCN(N([O-])N=O)CC1. The van der Waals surface area contributed by atoms with Gasteiger partial charge in [-0.3, -0.25) is 5.28 Å². The zero-order valence-electron chi connectivity index (χ0n) is 9.16. The van der Waals surface area contributed by atoms with Gasteiger partial charge in [-0.05, 0) is 6.42 Å². The van der Waals surface area contributed by atoms with Crippen LogP contribution in [0.15, 0.2) is 5.29 Å². The lowest BCUT2D eigenvalue weighted by molar-refractivity contribution is -0.0204. The number of hydrogen-bond donors (Lipinski definition) is 0. The summed E-state index contributed by atoms with van der Waals surface area (Å²) in [7, 11) is 0. The van der Waals surface area contributed by atoms with Gasteiger partial charge in [0.1, 0.15) is 0 Å². The van der Waals surface area contributed by atoms with Gasteiger partial charge in [0.05, 0.1) is 11.9 Å². The van der Waals surface area contributed by atoms with Crippen molar-refractivity contribution in [3.63, 3.8) is 0 Å². The monoisotopic (exact) mass is 231 g/mol. The number of nitrogens with zero attached hydrogens (tertiary/aromatic N) is 4. The van der Waals surface area contributed by atoms with Crippen molar-refractivity contribution < 1.29 is 9.53 Å². The third kappa shape index (κ3) is 3.31. The summed E-state index contributed by atoms with van der Waals surface area (Å²) in [5.74, 6) is 0. The Hall–Kier alpha value is -1.41. The molecule has 1 aliphatic heterocycles. The van der Waals surface area contributed by atoms with Gasteiger partial charge in [0.15, 0.2) is 0 Å². The minimum atomic E-state index is -0.377. The van der Waals surface area contributed by atoms with E-state index in [0.29, 0.717) is 19.7 Å². The first-order chi connectivity index (χ1) is 7.69. The molecule has 0 aliphatic carbocycles. The molecule has 0 atom stereocenters. The van der Waals surface area contributed by atoms with Crippen molar-refractivity contribution >= 4 is 6.09 Å². The lowest BCUT2D eigenvalue weighted by Crippen LogP contribution is -2.52. The number of ether oxygens (including phenoxy) is 1. The fourth-order valence-corrected chi connectivity index (χ4v) is 1.38. The zero-order chi connectivity index (χ0) is 12.0. The van der Waals surface area contributed by atoms with E-state index in [9.17, 15) is 14.9 Å². The summed E-state index contributed by atoms with van der Waals surface area (Å²) in [6.07, 6.45) is 0.396. The van der Waals surface area contributed by atoms with Gasteiger partial charge in [-0.2, -0.15) is 0 Å². The number of hydrazine groups is 1. The minimum Gasteiger partial charge on any atom is -0.724 e. The standard InChI is InChI=1S/C8H15N4O4/c1-2-7-16-8(13)10-3-5-11(6-4-10)12(15)9-14/h2-7H2,1H3/q-1. The number of nitroso groups, excluding NO2 is 1. The van der Waals surface area contributed by atoms with Gasteiger partial charge in [0.2, 0.25) is 0 Å². The van der Waals surface area contributed by atoms with Crippen LogP contribution in [0, 0.1) is 10.1 Å². The normalized spacial score (nSPS) is 17.0. The smallest absolute Gasteiger partial charge is 0.409 e. The fraction of sp³-hybridized carbons (Fsp3) is 0.875. The average molecular weight is 231 g/mol. The van der Waals surface area contributed by atoms with E-state index < -0.39 is 0 Å². The highest BCUT2D eigenvalue weighted by molar-refractivity contribution is 5.67. The lowest BCUT2D eigenvalue weighted by atomic mass is 10.4. The first-order valence-electron chi connectivity index (χ1n) is 5.16. The van der Waals surface area contributed by atoms with Crippen molar-refractivity contribution in [2.45, 2.75) is 13.3 Å². The minimum absolute atomic E-state index is 0.00865. The second kappa shape index (κ2) is 6.23. The molecule has 1 heterocycles. The van der Waals surface area contributed by atoms with Crippen molar-refractivity contribution in [1.29, 1.82) is 0 Å². The van der Waals surface area contributed by atoms with Crippen LogP contribution in [-0.2, 0) is 4.74 Å². The van der Waals surface area contributed by atoms with Crippen molar-refractivity contribution in [2.75, 3.05) is 32.8 Å². The first kappa shape index (κ1) is 12.7. The molecule has 0 unspecified atom stereocenters. The molecule has 16 heavy (non-hydrogen) atoms. The highest BCUT2D eigenvalue weighted by atomic mass is 16.6. The summed E-state index contributed by atoms with van der Waals surface area (Å²) >= 11 is 0. The molecule has 0 aromatic rings. The predicted molar refractivity (Wildman–Crippen MR) is 55.8 cm³/mol. The molecular formula is C8H15N4O4-. The summed E-state index contributed by atoms with van der Waals surface area (Å²) < 4.78 is 4.94. The third-order valence-electron chi connectivity index (χ3n) is 2.26. The Kier molecular flexibility index (Phi) is 4.93. The van der Waals surface area contributed by atoms with Gasteiger partial charge >= 0.3 is 6.09 Å². The fourth-order valence-electron chi connectivity index (χ4n) is 1.38. The summed E-state index contributed by atoms with van der Waals surface area (Å²) in [5.41, 5.74) is 0. The Balaban J connectivity index is 2.31. The molecule has 0 spiro atoms. The van der Waals surface area contributed by atoms with Crippen molar-refractivity contribution in [1.82, 2.24) is 15.2 Å². The Morgan fingerprint density at radius 3 is 2.56 bits per heavy atom. The maximum Gasteiger partial charge on any atom is 0.409 e. The second-order valence-corrected chi connectivity index (χ2v) is 3.39. The molecule has 0 bridgehead atoms.